The number of ether oxygens (including phenoxy) is 1. The van der Waals surface area contributed by atoms with Crippen LogP contribution in [0.1, 0.15) is 113 Å². The lowest BCUT2D eigenvalue weighted by atomic mass is 9.85. The number of benzene rings is 3. The summed E-state index contributed by atoms with van der Waals surface area (Å²) in [6.07, 6.45) is 4.20. The van der Waals surface area contributed by atoms with Crippen LogP contribution in [0, 0.1) is 11.8 Å². The summed E-state index contributed by atoms with van der Waals surface area (Å²) in [6.45, 7) is 20.7. The topological polar surface area (TPSA) is 26.3 Å². The second kappa shape index (κ2) is 14.5. The second-order valence-corrected chi connectivity index (χ2v) is 14.3. The molecule has 41 heavy (non-hydrogen) atoms. The first-order valence-electron chi connectivity index (χ1n) is 15.7. The monoisotopic (exact) mass is 554 g/mol. The summed E-state index contributed by atoms with van der Waals surface area (Å²) in [7, 11) is 0. The van der Waals surface area contributed by atoms with Gasteiger partial charge in [-0.3, -0.25) is 4.79 Å². The van der Waals surface area contributed by atoms with Gasteiger partial charge in [-0.15, -0.1) is 0 Å². The van der Waals surface area contributed by atoms with Gasteiger partial charge in [-0.2, -0.15) is 0 Å². The molecule has 2 heteroatoms. The Kier molecular flexibility index (Phi) is 11.6. The fourth-order valence-corrected chi connectivity index (χ4v) is 5.34. The van der Waals surface area contributed by atoms with Crippen LogP contribution in [-0.2, 0) is 34.8 Å². The Morgan fingerprint density at radius 2 is 1.07 bits per heavy atom. The molecule has 222 valence electrons. The molecule has 0 aliphatic rings. The van der Waals surface area contributed by atoms with Crippen molar-refractivity contribution in [3.05, 3.63) is 106 Å². The van der Waals surface area contributed by atoms with Gasteiger partial charge in [-0.1, -0.05) is 135 Å². The third-order valence-corrected chi connectivity index (χ3v) is 8.25. The molecule has 0 bridgehead atoms. The molecule has 0 aliphatic carbocycles. The van der Waals surface area contributed by atoms with Crippen molar-refractivity contribution in [2.75, 3.05) is 6.61 Å². The summed E-state index contributed by atoms with van der Waals surface area (Å²) in [6, 6.07) is 26.1. The van der Waals surface area contributed by atoms with Crippen LogP contribution in [0.25, 0.3) is 0 Å². The average molecular weight is 555 g/mol. The molecular formula is C39H54O2. The molecule has 3 rings (SSSR count). The van der Waals surface area contributed by atoms with E-state index in [2.05, 4.69) is 123 Å². The van der Waals surface area contributed by atoms with Gasteiger partial charge in [-0.25, -0.2) is 0 Å². The molecule has 2 nitrogen and oxygen atoms in total. The van der Waals surface area contributed by atoms with Crippen LogP contribution in [0.5, 0.6) is 0 Å². The third kappa shape index (κ3) is 10.3. The molecule has 0 heterocycles. The van der Waals surface area contributed by atoms with E-state index in [1.165, 1.54) is 27.8 Å². The van der Waals surface area contributed by atoms with E-state index >= 15 is 0 Å². The summed E-state index contributed by atoms with van der Waals surface area (Å²) in [5.74, 6) is 0.902. The number of carbonyl (C=O) groups excluding carboxylic acids is 1. The van der Waals surface area contributed by atoms with Gasteiger partial charge in [0.2, 0.25) is 0 Å². The smallest absolute Gasteiger partial charge is 0.191 e. The molecule has 0 saturated carbocycles. The lowest BCUT2D eigenvalue weighted by Gasteiger charge is -2.22. The number of hydrogen-bond acceptors (Lipinski definition) is 2. The number of ketones is 1. The molecule has 0 spiro atoms. The molecule has 0 radical (unpaired) electrons. The minimum Gasteiger partial charge on any atom is -0.370 e. The van der Waals surface area contributed by atoms with E-state index in [1.807, 2.05) is 12.1 Å². The largest absolute Gasteiger partial charge is 0.370 e. The molecule has 0 aromatic heterocycles. The molecule has 0 aliphatic heterocycles. The number of rotatable bonds is 13. The molecule has 3 aromatic carbocycles. The van der Waals surface area contributed by atoms with Crippen molar-refractivity contribution >= 4 is 5.78 Å². The van der Waals surface area contributed by atoms with Crippen molar-refractivity contribution < 1.29 is 9.53 Å². The zero-order valence-corrected chi connectivity index (χ0v) is 27.2. The number of Topliss-reactive ketones (excluding diaryl/α,β-unsaturated/α-hetero) is 1. The highest BCUT2D eigenvalue weighted by atomic mass is 16.5. The highest BCUT2D eigenvalue weighted by molar-refractivity contribution is 5.99. The van der Waals surface area contributed by atoms with Crippen molar-refractivity contribution in [1.29, 1.82) is 0 Å². The number of hydrogen-bond donors (Lipinski definition) is 0. The molecule has 0 saturated heterocycles. The molecule has 3 aromatic rings. The van der Waals surface area contributed by atoms with Gasteiger partial charge in [0.1, 0.15) is 6.10 Å². The highest BCUT2D eigenvalue weighted by Gasteiger charge is 2.23. The van der Waals surface area contributed by atoms with E-state index in [9.17, 15) is 4.79 Å². The number of carbonyl (C=O) groups is 1. The fourth-order valence-electron chi connectivity index (χ4n) is 5.34. The first-order valence-corrected chi connectivity index (χ1v) is 15.7. The molecular weight excluding hydrogens is 500 g/mol. The van der Waals surface area contributed by atoms with E-state index in [4.69, 9.17) is 4.74 Å². The maximum atomic E-state index is 13.6. The van der Waals surface area contributed by atoms with Gasteiger partial charge in [-0.05, 0) is 82.6 Å². The standard InChI is InChI=1S/C39H54O2/c1-10-30-12-18-33(19-13-30)37(40)36(24-11-28(2)25-31-14-20-34(21-15-31)38(4,5)6)41-27-29(3)26-32-16-22-35(23-17-32)39(7,8)9/h12-23,28-29,36H,10-11,24-27H2,1-9H3. The van der Waals surface area contributed by atoms with Gasteiger partial charge in [0.25, 0.3) is 0 Å². The van der Waals surface area contributed by atoms with E-state index in [1.54, 1.807) is 0 Å². The van der Waals surface area contributed by atoms with E-state index in [0.29, 0.717) is 18.4 Å². The first-order chi connectivity index (χ1) is 19.3. The summed E-state index contributed by atoms with van der Waals surface area (Å²) in [5, 5.41) is 0. The molecule has 0 N–H and O–H groups in total. The van der Waals surface area contributed by atoms with Crippen molar-refractivity contribution in [3.63, 3.8) is 0 Å². The summed E-state index contributed by atoms with van der Waals surface area (Å²) in [4.78, 5) is 13.6. The summed E-state index contributed by atoms with van der Waals surface area (Å²) >= 11 is 0. The minimum atomic E-state index is -0.418. The quantitative estimate of drug-likeness (QED) is 0.197. The van der Waals surface area contributed by atoms with Crippen LogP contribution in [0.4, 0.5) is 0 Å². The zero-order valence-electron chi connectivity index (χ0n) is 27.2. The van der Waals surface area contributed by atoms with Crippen LogP contribution >= 0.6 is 0 Å². The maximum absolute atomic E-state index is 13.6. The van der Waals surface area contributed by atoms with E-state index in [-0.39, 0.29) is 16.6 Å². The minimum absolute atomic E-state index is 0.108. The van der Waals surface area contributed by atoms with Crippen molar-refractivity contribution in [2.24, 2.45) is 11.8 Å². The fraction of sp³-hybridized carbons (Fsp3) is 0.513. The summed E-state index contributed by atoms with van der Waals surface area (Å²) < 4.78 is 6.43. The Balaban J connectivity index is 1.63. The Morgan fingerprint density at radius 3 is 1.51 bits per heavy atom. The van der Waals surface area contributed by atoms with Crippen molar-refractivity contribution in [2.45, 2.75) is 111 Å². The van der Waals surface area contributed by atoms with Gasteiger partial charge < -0.3 is 4.74 Å². The number of aryl methyl sites for hydroxylation is 1. The molecule has 0 amide bonds. The average Bonchev–Trinajstić information content (AvgIpc) is 2.92. The Morgan fingerprint density at radius 1 is 0.634 bits per heavy atom. The zero-order chi connectivity index (χ0) is 30.2. The lowest BCUT2D eigenvalue weighted by molar-refractivity contribution is 0.0238. The molecule has 0 fully saturated rings. The first kappa shape index (κ1) is 32.8. The maximum Gasteiger partial charge on any atom is 0.191 e. The highest BCUT2D eigenvalue weighted by Crippen LogP contribution is 2.25. The Hall–Kier alpha value is -2.71. The molecule has 3 unspecified atom stereocenters. The van der Waals surface area contributed by atoms with Crippen LogP contribution in [0.3, 0.4) is 0 Å². The summed E-state index contributed by atoms with van der Waals surface area (Å²) in [5.41, 5.74) is 7.71. The van der Waals surface area contributed by atoms with Crippen LogP contribution in [0.2, 0.25) is 0 Å². The van der Waals surface area contributed by atoms with Crippen LogP contribution < -0.4 is 0 Å². The van der Waals surface area contributed by atoms with Gasteiger partial charge in [0.15, 0.2) is 5.78 Å². The Bertz CT molecular complexity index is 1140. The third-order valence-electron chi connectivity index (χ3n) is 8.25. The SMILES string of the molecule is CCc1ccc(C(=O)C(CCC(C)Cc2ccc(C(C)(C)C)cc2)OCC(C)Cc2ccc(C(C)(C)C)cc2)cc1. The second-order valence-electron chi connectivity index (χ2n) is 14.3. The van der Waals surface area contributed by atoms with Crippen LogP contribution in [0.15, 0.2) is 72.8 Å². The van der Waals surface area contributed by atoms with Gasteiger partial charge in [0.05, 0.1) is 6.61 Å². The lowest BCUT2D eigenvalue weighted by Crippen LogP contribution is -2.28. The van der Waals surface area contributed by atoms with Crippen molar-refractivity contribution in [1.82, 2.24) is 0 Å². The van der Waals surface area contributed by atoms with Gasteiger partial charge in [0, 0.05) is 5.56 Å². The van der Waals surface area contributed by atoms with Crippen molar-refractivity contribution in [3.8, 4) is 0 Å². The van der Waals surface area contributed by atoms with E-state index < -0.39 is 6.10 Å². The molecule has 3 atom stereocenters. The predicted molar refractivity (Wildman–Crippen MR) is 175 cm³/mol. The Labute approximate surface area is 250 Å². The van der Waals surface area contributed by atoms with Crippen LogP contribution in [-0.4, -0.2) is 18.5 Å². The van der Waals surface area contributed by atoms with E-state index in [0.717, 1.165) is 37.7 Å². The normalized spacial score (nSPS) is 14.5. The van der Waals surface area contributed by atoms with Gasteiger partial charge >= 0.3 is 0 Å². The predicted octanol–water partition coefficient (Wildman–Crippen LogP) is 9.95.